The number of amides is 1. The molecule has 8 heteroatoms. The van der Waals surface area contributed by atoms with Gasteiger partial charge in [0.15, 0.2) is 0 Å². The fourth-order valence-electron chi connectivity index (χ4n) is 3.64. The number of carbonyl (C=O) groups excluding carboxylic acids is 1. The predicted octanol–water partition coefficient (Wildman–Crippen LogP) is 5.39. The van der Waals surface area contributed by atoms with Crippen LogP contribution in [0.2, 0.25) is 10.0 Å². The number of nitrogens with zero attached hydrogens (tertiary/aromatic N) is 3. The molecule has 0 radical (unpaired) electrons. The first-order valence-corrected chi connectivity index (χ1v) is 11.9. The van der Waals surface area contributed by atoms with Crippen molar-refractivity contribution in [2.75, 3.05) is 24.5 Å². The summed E-state index contributed by atoms with van der Waals surface area (Å²) in [6.45, 7) is 4.59. The van der Waals surface area contributed by atoms with Gasteiger partial charge in [-0.2, -0.15) is 4.37 Å². The van der Waals surface area contributed by atoms with E-state index < -0.39 is 0 Å². The lowest BCUT2D eigenvalue weighted by Gasteiger charge is -2.31. The summed E-state index contributed by atoms with van der Waals surface area (Å²) < 4.78 is 4.55. The molecule has 1 saturated heterocycles. The number of nitrogens with one attached hydrogen (secondary N) is 1. The SMILES string of the molecule is Cc1ccc(Cc2nsc(N3CCC(CNC(=O)c4ccc(Cl)c(Cl)c4)CC3)n2)cc1. The van der Waals surface area contributed by atoms with Crippen LogP contribution in [0.3, 0.4) is 0 Å². The number of hydrogen-bond donors (Lipinski definition) is 1. The second kappa shape index (κ2) is 9.98. The van der Waals surface area contributed by atoms with Crippen LogP contribution in [0.4, 0.5) is 5.13 Å². The van der Waals surface area contributed by atoms with Crippen molar-refractivity contribution in [3.8, 4) is 0 Å². The highest BCUT2D eigenvalue weighted by Gasteiger charge is 2.22. The molecule has 3 aromatic rings. The van der Waals surface area contributed by atoms with Gasteiger partial charge < -0.3 is 10.2 Å². The Kier molecular flexibility index (Phi) is 7.10. The van der Waals surface area contributed by atoms with E-state index in [0.717, 1.165) is 43.3 Å². The Hall–Kier alpha value is -2.15. The number of benzene rings is 2. The molecule has 4 rings (SSSR count). The van der Waals surface area contributed by atoms with E-state index >= 15 is 0 Å². The van der Waals surface area contributed by atoms with Gasteiger partial charge in [-0.3, -0.25) is 4.79 Å². The standard InChI is InChI=1S/C23H24Cl2N4OS/c1-15-2-4-16(5-3-15)12-21-27-23(31-28-21)29-10-8-17(9-11-29)14-26-22(30)18-6-7-19(24)20(25)13-18/h2-7,13,17H,8-12,14H2,1H3,(H,26,30). The van der Waals surface area contributed by atoms with E-state index in [1.807, 2.05) is 0 Å². The smallest absolute Gasteiger partial charge is 0.251 e. The number of halogens is 2. The van der Waals surface area contributed by atoms with Gasteiger partial charge >= 0.3 is 0 Å². The summed E-state index contributed by atoms with van der Waals surface area (Å²) in [5.74, 6) is 1.20. The zero-order chi connectivity index (χ0) is 21.8. The fourth-order valence-corrected chi connectivity index (χ4v) is 4.67. The molecule has 0 atom stereocenters. The van der Waals surface area contributed by atoms with Crippen LogP contribution in [-0.2, 0) is 6.42 Å². The van der Waals surface area contributed by atoms with Crippen LogP contribution in [0, 0.1) is 12.8 Å². The number of rotatable bonds is 6. The first-order valence-electron chi connectivity index (χ1n) is 10.3. The molecule has 5 nitrogen and oxygen atoms in total. The third kappa shape index (κ3) is 5.76. The van der Waals surface area contributed by atoms with Crippen LogP contribution in [0.25, 0.3) is 0 Å². The van der Waals surface area contributed by atoms with Crippen molar-refractivity contribution in [1.29, 1.82) is 0 Å². The highest BCUT2D eigenvalue weighted by atomic mass is 35.5. The lowest BCUT2D eigenvalue weighted by Crippen LogP contribution is -2.38. The van der Waals surface area contributed by atoms with Crippen molar-refractivity contribution in [1.82, 2.24) is 14.7 Å². The van der Waals surface area contributed by atoms with Crippen molar-refractivity contribution in [2.45, 2.75) is 26.2 Å². The van der Waals surface area contributed by atoms with Crippen LogP contribution in [0.5, 0.6) is 0 Å². The van der Waals surface area contributed by atoms with Gasteiger partial charge in [0.1, 0.15) is 5.82 Å². The van der Waals surface area contributed by atoms with Crippen molar-refractivity contribution >= 4 is 45.8 Å². The van der Waals surface area contributed by atoms with Gasteiger partial charge in [-0.25, -0.2) is 4.98 Å². The Morgan fingerprint density at radius 3 is 2.58 bits per heavy atom. The molecule has 162 valence electrons. The number of aryl methyl sites for hydroxylation is 1. The quantitative estimate of drug-likeness (QED) is 0.520. The molecular formula is C23H24Cl2N4OS. The molecule has 0 unspecified atom stereocenters. The Morgan fingerprint density at radius 2 is 1.87 bits per heavy atom. The Balaban J connectivity index is 1.25. The van der Waals surface area contributed by atoms with E-state index in [-0.39, 0.29) is 5.91 Å². The minimum absolute atomic E-state index is 0.120. The second-order valence-corrected chi connectivity index (χ2v) is 9.47. The monoisotopic (exact) mass is 474 g/mol. The van der Waals surface area contributed by atoms with E-state index in [0.29, 0.717) is 28.1 Å². The maximum Gasteiger partial charge on any atom is 0.251 e. The van der Waals surface area contributed by atoms with Crippen molar-refractivity contribution < 1.29 is 4.79 Å². The lowest BCUT2D eigenvalue weighted by atomic mass is 9.97. The lowest BCUT2D eigenvalue weighted by molar-refractivity contribution is 0.0945. The van der Waals surface area contributed by atoms with Gasteiger partial charge in [0.2, 0.25) is 5.13 Å². The largest absolute Gasteiger partial charge is 0.352 e. The Labute approximate surface area is 196 Å². The van der Waals surface area contributed by atoms with E-state index in [4.69, 9.17) is 28.2 Å². The van der Waals surface area contributed by atoms with Gasteiger partial charge in [-0.15, -0.1) is 0 Å². The summed E-state index contributed by atoms with van der Waals surface area (Å²) in [6, 6.07) is 13.4. The number of aromatic nitrogens is 2. The fraction of sp³-hybridized carbons (Fsp3) is 0.348. The molecule has 0 saturated carbocycles. The van der Waals surface area contributed by atoms with E-state index in [1.165, 1.54) is 22.7 Å². The summed E-state index contributed by atoms with van der Waals surface area (Å²) >= 11 is 13.4. The number of piperidine rings is 1. The average Bonchev–Trinajstić information content (AvgIpc) is 3.24. The number of hydrogen-bond acceptors (Lipinski definition) is 5. The molecule has 0 spiro atoms. The van der Waals surface area contributed by atoms with E-state index in [2.05, 4.69) is 45.8 Å². The molecule has 2 heterocycles. The number of anilines is 1. The first-order chi connectivity index (χ1) is 15.0. The maximum absolute atomic E-state index is 12.4. The van der Waals surface area contributed by atoms with Crippen LogP contribution >= 0.6 is 34.7 Å². The molecule has 1 amide bonds. The molecule has 31 heavy (non-hydrogen) atoms. The Morgan fingerprint density at radius 1 is 1.13 bits per heavy atom. The van der Waals surface area contributed by atoms with Gasteiger partial charge in [0, 0.05) is 43.2 Å². The maximum atomic E-state index is 12.4. The van der Waals surface area contributed by atoms with E-state index in [1.54, 1.807) is 18.2 Å². The second-order valence-electron chi connectivity index (χ2n) is 7.92. The topological polar surface area (TPSA) is 58.1 Å². The van der Waals surface area contributed by atoms with Gasteiger partial charge in [0.05, 0.1) is 10.0 Å². The molecule has 0 aliphatic carbocycles. The van der Waals surface area contributed by atoms with Gasteiger partial charge in [-0.1, -0.05) is 53.0 Å². The molecule has 2 aromatic carbocycles. The summed E-state index contributed by atoms with van der Waals surface area (Å²) in [4.78, 5) is 19.4. The first kappa shape index (κ1) is 22.1. The Bertz CT molecular complexity index is 1050. The minimum Gasteiger partial charge on any atom is -0.352 e. The van der Waals surface area contributed by atoms with Gasteiger partial charge in [-0.05, 0) is 49.4 Å². The van der Waals surface area contributed by atoms with Crippen molar-refractivity contribution in [2.24, 2.45) is 5.92 Å². The van der Waals surface area contributed by atoms with Gasteiger partial charge in [0.25, 0.3) is 5.91 Å². The molecule has 1 aromatic heterocycles. The third-order valence-corrected chi connectivity index (χ3v) is 7.11. The molecular weight excluding hydrogens is 451 g/mol. The van der Waals surface area contributed by atoms with Crippen LogP contribution in [0.15, 0.2) is 42.5 Å². The molecule has 1 aliphatic rings. The molecule has 1 N–H and O–H groups in total. The zero-order valence-corrected chi connectivity index (χ0v) is 19.6. The number of carbonyl (C=O) groups is 1. The predicted molar refractivity (Wildman–Crippen MR) is 128 cm³/mol. The van der Waals surface area contributed by atoms with Crippen LogP contribution in [-0.4, -0.2) is 34.9 Å². The van der Waals surface area contributed by atoms with Crippen LogP contribution in [0.1, 0.15) is 40.2 Å². The highest BCUT2D eigenvalue weighted by molar-refractivity contribution is 7.09. The molecule has 1 fully saturated rings. The zero-order valence-electron chi connectivity index (χ0n) is 17.3. The summed E-state index contributed by atoms with van der Waals surface area (Å²) in [6.07, 6.45) is 2.77. The van der Waals surface area contributed by atoms with Crippen molar-refractivity contribution in [3.63, 3.8) is 0 Å². The molecule has 0 bridgehead atoms. The summed E-state index contributed by atoms with van der Waals surface area (Å²) in [5, 5.41) is 4.85. The molecule has 1 aliphatic heterocycles. The average molecular weight is 475 g/mol. The van der Waals surface area contributed by atoms with E-state index in [9.17, 15) is 4.79 Å². The van der Waals surface area contributed by atoms with Crippen LogP contribution < -0.4 is 10.2 Å². The van der Waals surface area contributed by atoms with Crippen molar-refractivity contribution in [3.05, 3.63) is 75.0 Å². The summed E-state index contributed by atoms with van der Waals surface area (Å²) in [7, 11) is 0. The highest BCUT2D eigenvalue weighted by Crippen LogP contribution is 2.26. The third-order valence-electron chi connectivity index (χ3n) is 5.56. The normalized spacial score (nSPS) is 14.6. The summed E-state index contributed by atoms with van der Waals surface area (Å²) in [5.41, 5.74) is 3.01. The minimum atomic E-state index is -0.120.